The van der Waals surface area contributed by atoms with E-state index in [2.05, 4.69) is 16.8 Å². The first-order valence-electron chi connectivity index (χ1n) is 6.24. The van der Waals surface area contributed by atoms with Crippen molar-refractivity contribution in [1.82, 2.24) is 0 Å². The van der Waals surface area contributed by atoms with Crippen LogP contribution in [0.4, 0.5) is 0 Å². The molecule has 103 valence electrons. The third-order valence-corrected chi connectivity index (χ3v) is 2.83. The van der Waals surface area contributed by atoms with Gasteiger partial charge in [0.25, 0.3) is 0 Å². The Morgan fingerprint density at radius 3 is 2.21 bits per heavy atom. The molecule has 0 aromatic heterocycles. The second-order valence-corrected chi connectivity index (χ2v) is 4.18. The largest absolute Gasteiger partial charge is 0.503 e. The maximum atomic E-state index is 6.53. The summed E-state index contributed by atoms with van der Waals surface area (Å²) < 4.78 is 0. The third-order valence-electron chi connectivity index (χ3n) is 2.83. The van der Waals surface area contributed by atoms with Gasteiger partial charge < -0.3 is 18.1 Å². The van der Waals surface area contributed by atoms with Crippen molar-refractivity contribution in [2.45, 2.75) is 38.1 Å². The van der Waals surface area contributed by atoms with Crippen LogP contribution in [0.2, 0.25) is 0 Å². The molecule has 19 heavy (non-hydrogen) atoms. The van der Waals surface area contributed by atoms with Gasteiger partial charge in [-0.15, -0.1) is 0 Å². The Labute approximate surface area is 132 Å². The van der Waals surface area contributed by atoms with E-state index in [-0.39, 0.29) is 22.4 Å². The van der Waals surface area contributed by atoms with Gasteiger partial charge in [-0.3, -0.25) is 5.92 Å². The van der Waals surface area contributed by atoms with E-state index in [4.69, 9.17) is 13.1 Å². The van der Waals surface area contributed by atoms with Crippen LogP contribution in [0.15, 0.2) is 35.3 Å². The molecule has 0 bridgehead atoms. The number of aliphatic imine (C=N–C) groups is 1. The summed E-state index contributed by atoms with van der Waals surface area (Å²) in [6, 6.07) is 10.0. The van der Waals surface area contributed by atoms with Crippen LogP contribution in [0.5, 0.6) is 0 Å². The summed E-state index contributed by atoms with van der Waals surface area (Å²) in [4.78, 5) is 3.75. The van der Waals surface area contributed by atoms with E-state index in [1.807, 2.05) is 36.3 Å². The predicted molar refractivity (Wildman–Crippen MR) is 75.8 cm³/mol. The van der Waals surface area contributed by atoms with Gasteiger partial charge in [-0.25, -0.2) is 5.92 Å². The monoisotopic (exact) mass is 432 g/mol. The van der Waals surface area contributed by atoms with Gasteiger partial charge in [0, 0.05) is 34.0 Å². The molecule has 1 nitrogen and oxygen atoms in total. The SMILES string of the molecule is [Au].[C-]#CC#Cc1ccccc1.[CH-]=NC1CCCCC1. The number of hydrogen-bond acceptors (Lipinski definition) is 1. The fraction of sp³-hybridized carbons (Fsp3) is 0.353. The quantitative estimate of drug-likeness (QED) is 0.279. The zero-order chi connectivity index (χ0) is 13.1. The van der Waals surface area contributed by atoms with Crippen molar-refractivity contribution in [3.8, 4) is 17.8 Å². The van der Waals surface area contributed by atoms with Gasteiger partial charge >= 0.3 is 0 Å². The van der Waals surface area contributed by atoms with Crippen LogP contribution >= 0.6 is 0 Å². The predicted octanol–water partition coefficient (Wildman–Crippen LogP) is 3.52. The van der Waals surface area contributed by atoms with Crippen LogP contribution in [0.3, 0.4) is 0 Å². The van der Waals surface area contributed by atoms with Gasteiger partial charge in [-0.1, -0.05) is 37.5 Å². The fourth-order valence-electron chi connectivity index (χ4n) is 1.86. The Hall–Kier alpha value is -1.25. The molecule has 0 amide bonds. The second kappa shape index (κ2) is 11.8. The summed E-state index contributed by atoms with van der Waals surface area (Å²) >= 11 is 0. The zero-order valence-corrected chi connectivity index (χ0v) is 13.0. The van der Waals surface area contributed by atoms with Crippen LogP contribution in [0, 0.1) is 24.2 Å². The maximum absolute atomic E-state index is 6.53. The molecule has 1 aromatic carbocycles. The summed E-state index contributed by atoms with van der Waals surface area (Å²) in [5, 5.41) is 0. The molecule has 0 saturated heterocycles. The van der Waals surface area contributed by atoms with Crippen LogP contribution in [0.1, 0.15) is 37.7 Å². The van der Waals surface area contributed by atoms with E-state index in [0.29, 0.717) is 6.04 Å². The summed E-state index contributed by atoms with van der Waals surface area (Å²) in [6.07, 6.45) is 13.0. The topological polar surface area (TPSA) is 12.4 Å². The van der Waals surface area contributed by atoms with E-state index < -0.39 is 0 Å². The number of benzene rings is 1. The molecule has 1 aliphatic carbocycles. The van der Waals surface area contributed by atoms with Crippen molar-refractivity contribution >= 4 is 6.72 Å². The van der Waals surface area contributed by atoms with Crippen molar-refractivity contribution in [3.63, 3.8) is 0 Å². The maximum Gasteiger partial charge on any atom is 0.0113 e. The first-order chi connectivity index (χ1) is 8.86. The fourth-order valence-corrected chi connectivity index (χ4v) is 1.86. The molecule has 0 aliphatic heterocycles. The molecular formula is C17H17AuN-2. The van der Waals surface area contributed by atoms with Crippen LogP contribution < -0.4 is 0 Å². The summed E-state index contributed by atoms with van der Waals surface area (Å²) in [6.45, 7) is 5.13. The van der Waals surface area contributed by atoms with Crippen LogP contribution in [-0.4, -0.2) is 12.8 Å². The molecule has 1 radical (unpaired) electrons. The summed E-state index contributed by atoms with van der Waals surface area (Å²) in [7, 11) is 0. The van der Waals surface area contributed by atoms with Gasteiger partial charge in [0.05, 0.1) is 0 Å². The Balaban J connectivity index is 0.000000331. The third kappa shape index (κ3) is 8.46. The average Bonchev–Trinajstić information content (AvgIpc) is 2.48. The van der Waals surface area contributed by atoms with Gasteiger partial charge in [0.1, 0.15) is 0 Å². The molecule has 0 heterocycles. The number of nitrogens with zero attached hydrogens (tertiary/aromatic N) is 1. The molecule has 0 unspecified atom stereocenters. The number of rotatable bonds is 1. The average molecular weight is 432 g/mol. The molecule has 1 fully saturated rings. The van der Waals surface area contributed by atoms with E-state index in [1.165, 1.54) is 32.1 Å². The number of hydrogen-bond donors (Lipinski definition) is 0. The molecule has 1 saturated carbocycles. The molecule has 2 heteroatoms. The summed E-state index contributed by atoms with van der Waals surface area (Å²) in [5.74, 6) is 7.18. The Morgan fingerprint density at radius 1 is 1.11 bits per heavy atom. The second-order valence-electron chi connectivity index (χ2n) is 4.18. The Kier molecular flexibility index (Phi) is 11.0. The van der Waals surface area contributed by atoms with Crippen LogP contribution in [0.25, 0.3) is 0 Å². The summed E-state index contributed by atoms with van der Waals surface area (Å²) in [5.41, 5.74) is 0.919. The van der Waals surface area contributed by atoms with Gasteiger partial charge in [-0.05, 0) is 25.0 Å². The normalized spacial score (nSPS) is 13.4. The smallest absolute Gasteiger partial charge is 0.0113 e. The Morgan fingerprint density at radius 2 is 1.74 bits per heavy atom. The minimum Gasteiger partial charge on any atom is -0.503 e. The minimum absolute atomic E-state index is 0. The van der Waals surface area contributed by atoms with E-state index in [0.717, 1.165) is 5.56 Å². The Bertz CT molecular complexity index is 442. The van der Waals surface area contributed by atoms with Gasteiger partial charge in [0.15, 0.2) is 0 Å². The molecule has 1 aromatic rings. The van der Waals surface area contributed by atoms with Gasteiger partial charge in [-0.2, -0.15) is 5.92 Å². The molecule has 0 spiro atoms. The van der Waals surface area contributed by atoms with Crippen molar-refractivity contribution in [3.05, 3.63) is 42.3 Å². The van der Waals surface area contributed by atoms with E-state index in [1.54, 1.807) is 0 Å². The molecular weight excluding hydrogens is 415 g/mol. The molecule has 1 aliphatic rings. The first-order valence-corrected chi connectivity index (χ1v) is 6.24. The van der Waals surface area contributed by atoms with Crippen molar-refractivity contribution in [1.29, 1.82) is 0 Å². The zero-order valence-electron chi connectivity index (χ0n) is 10.8. The van der Waals surface area contributed by atoms with Crippen molar-refractivity contribution in [2.75, 3.05) is 0 Å². The molecule has 0 atom stereocenters. The molecule has 2 rings (SSSR count). The van der Waals surface area contributed by atoms with E-state index >= 15 is 0 Å². The standard InChI is InChI=1S/C10H5.C7H12N.Au/c1-2-3-7-10-8-5-4-6-9-10;1-8-7-5-3-2-4-6-7;/h4-6,8-9H;1,7H,2-6H2;/q2*-1;. The first kappa shape index (κ1) is 17.8. The van der Waals surface area contributed by atoms with E-state index in [9.17, 15) is 0 Å². The minimum atomic E-state index is 0. The van der Waals surface area contributed by atoms with Crippen molar-refractivity contribution < 1.29 is 22.4 Å². The molecule has 0 N–H and O–H groups in total. The van der Waals surface area contributed by atoms with Crippen molar-refractivity contribution in [2.24, 2.45) is 4.99 Å². The van der Waals surface area contributed by atoms with Crippen LogP contribution in [-0.2, 0) is 22.4 Å². The van der Waals surface area contributed by atoms with Gasteiger partial charge in [0.2, 0.25) is 0 Å².